The molecule has 0 saturated carbocycles. The molecule has 2 atom stereocenters. The Kier molecular flexibility index (Phi) is 10.7. The van der Waals surface area contributed by atoms with Gasteiger partial charge in [0.2, 0.25) is 5.91 Å². The maximum Gasteiger partial charge on any atom is 0.408 e. The lowest BCUT2D eigenvalue weighted by Crippen LogP contribution is -2.53. The molecule has 3 aromatic carbocycles. The highest BCUT2D eigenvalue weighted by molar-refractivity contribution is 5.99. The first-order valence-electron chi connectivity index (χ1n) is 13.6. The Bertz CT molecular complexity index is 1430. The molecule has 0 aliphatic rings. The highest BCUT2D eigenvalue weighted by atomic mass is 16.6. The van der Waals surface area contributed by atoms with E-state index in [1.807, 2.05) is 62.4 Å². The first-order valence-corrected chi connectivity index (χ1v) is 13.6. The van der Waals surface area contributed by atoms with E-state index in [2.05, 4.69) is 10.6 Å². The zero-order valence-corrected chi connectivity index (χ0v) is 24.9. The first-order chi connectivity index (χ1) is 19.9. The average Bonchev–Trinajstić information content (AvgIpc) is 2.93. The van der Waals surface area contributed by atoms with E-state index in [0.29, 0.717) is 17.0 Å². The third-order valence-electron chi connectivity index (χ3n) is 6.43. The average molecular weight is 571 g/mol. The molecule has 3 rings (SSSR count). The van der Waals surface area contributed by atoms with Gasteiger partial charge >= 0.3 is 6.09 Å². The summed E-state index contributed by atoms with van der Waals surface area (Å²) in [6.45, 7) is 8.56. The second kappa shape index (κ2) is 14.2. The summed E-state index contributed by atoms with van der Waals surface area (Å²) in [5.74, 6) is -0.482. The van der Waals surface area contributed by atoms with Crippen LogP contribution in [0.1, 0.15) is 49.1 Å². The Morgan fingerprint density at radius 3 is 2.21 bits per heavy atom. The number of amides is 3. The Balaban J connectivity index is 2.06. The number of carbonyl (C=O) groups excluding carboxylic acids is 3. The molecule has 9 nitrogen and oxygen atoms in total. The van der Waals surface area contributed by atoms with Crippen molar-refractivity contribution in [3.63, 3.8) is 0 Å². The van der Waals surface area contributed by atoms with E-state index in [1.165, 1.54) is 4.90 Å². The van der Waals surface area contributed by atoms with E-state index in [9.17, 15) is 19.6 Å². The Morgan fingerprint density at radius 1 is 0.976 bits per heavy atom. The quantitative estimate of drug-likeness (QED) is 0.312. The van der Waals surface area contributed by atoms with Crippen molar-refractivity contribution in [3.05, 3.63) is 95.1 Å². The zero-order chi connectivity index (χ0) is 30.9. The minimum absolute atomic E-state index is 0.126. The van der Waals surface area contributed by atoms with E-state index in [0.717, 1.165) is 16.7 Å². The van der Waals surface area contributed by atoms with Gasteiger partial charge < -0.3 is 25.0 Å². The van der Waals surface area contributed by atoms with Crippen LogP contribution in [0.25, 0.3) is 0 Å². The van der Waals surface area contributed by atoms with Crippen LogP contribution < -0.4 is 15.4 Å². The van der Waals surface area contributed by atoms with Crippen LogP contribution in [0.5, 0.6) is 5.75 Å². The minimum Gasteiger partial charge on any atom is -0.497 e. The van der Waals surface area contributed by atoms with Gasteiger partial charge in [0.05, 0.1) is 13.2 Å². The number of nitrogens with zero attached hydrogens (tertiary/aromatic N) is 2. The van der Waals surface area contributed by atoms with Crippen molar-refractivity contribution >= 4 is 23.6 Å². The summed E-state index contributed by atoms with van der Waals surface area (Å²) in [6.07, 6.45) is -0.653. The molecule has 3 amide bonds. The van der Waals surface area contributed by atoms with Crippen LogP contribution in [0.15, 0.2) is 72.8 Å². The number of benzene rings is 3. The summed E-state index contributed by atoms with van der Waals surface area (Å²) in [5, 5.41) is 15.4. The minimum atomic E-state index is -1.17. The number of anilines is 1. The van der Waals surface area contributed by atoms with Gasteiger partial charge in [-0.05, 0) is 75.6 Å². The zero-order valence-electron chi connectivity index (χ0n) is 24.9. The first kappa shape index (κ1) is 31.7. The fraction of sp³-hybridized carbons (Fsp3) is 0.333. The number of nitriles is 1. The molecular weight excluding hydrogens is 532 g/mol. The largest absolute Gasteiger partial charge is 0.497 e. The van der Waals surface area contributed by atoms with E-state index in [1.54, 1.807) is 58.2 Å². The highest BCUT2D eigenvalue weighted by Crippen LogP contribution is 2.28. The van der Waals surface area contributed by atoms with Gasteiger partial charge in [-0.25, -0.2) is 4.79 Å². The van der Waals surface area contributed by atoms with Crippen LogP contribution >= 0.6 is 0 Å². The van der Waals surface area contributed by atoms with Crippen LogP contribution in [0.3, 0.4) is 0 Å². The molecule has 0 heterocycles. The number of aryl methyl sites for hydroxylation is 2. The molecule has 2 N–H and O–H groups in total. The van der Waals surface area contributed by atoms with Gasteiger partial charge in [0.25, 0.3) is 5.91 Å². The van der Waals surface area contributed by atoms with Crippen LogP contribution in [0.2, 0.25) is 0 Å². The summed E-state index contributed by atoms with van der Waals surface area (Å²) in [5.41, 5.74) is 2.81. The van der Waals surface area contributed by atoms with Crippen LogP contribution in [-0.2, 0) is 20.7 Å². The summed E-state index contributed by atoms with van der Waals surface area (Å²) in [7, 11) is 1.55. The van der Waals surface area contributed by atoms with Crippen molar-refractivity contribution in [2.45, 2.75) is 58.7 Å². The van der Waals surface area contributed by atoms with Gasteiger partial charge in [0.1, 0.15) is 30.0 Å². The fourth-order valence-electron chi connectivity index (χ4n) is 4.54. The summed E-state index contributed by atoms with van der Waals surface area (Å²) < 4.78 is 10.7. The van der Waals surface area contributed by atoms with E-state index in [4.69, 9.17) is 9.47 Å². The van der Waals surface area contributed by atoms with Gasteiger partial charge in [-0.1, -0.05) is 54.1 Å². The lowest BCUT2D eigenvalue weighted by atomic mass is 9.95. The maximum atomic E-state index is 14.3. The summed E-state index contributed by atoms with van der Waals surface area (Å²) in [4.78, 5) is 42.3. The van der Waals surface area contributed by atoms with Gasteiger partial charge in [-0.2, -0.15) is 5.26 Å². The van der Waals surface area contributed by atoms with Crippen molar-refractivity contribution in [1.82, 2.24) is 10.2 Å². The molecule has 220 valence electrons. The molecule has 42 heavy (non-hydrogen) atoms. The van der Waals surface area contributed by atoms with Crippen molar-refractivity contribution in [3.8, 4) is 11.8 Å². The SMILES string of the molecule is COc1ccc(NC(=O)C(c2ccc(C)cc2C)N(CC#N)C(=O)C(Cc2ccccc2)NC(=O)OC(C)(C)C)cc1. The molecule has 3 aromatic rings. The molecule has 0 aliphatic heterocycles. The van der Waals surface area contributed by atoms with E-state index < -0.39 is 42.1 Å². The van der Waals surface area contributed by atoms with E-state index >= 15 is 0 Å². The number of ether oxygens (including phenoxy) is 2. The van der Waals surface area contributed by atoms with Crippen molar-refractivity contribution in [2.24, 2.45) is 0 Å². The molecular formula is C33H38N4O5. The number of methoxy groups -OCH3 is 1. The Hall–Kier alpha value is -4.84. The molecule has 9 heteroatoms. The predicted octanol–water partition coefficient (Wildman–Crippen LogP) is 5.48. The smallest absolute Gasteiger partial charge is 0.408 e. The molecule has 0 bridgehead atoms. The normalized spacial score (nSPS) is 12.3. The predicted molar refractivity (Wildman–Crippen MR) is 161 cm³/mol. The van der Waals surface area contributed by atoms with Gasteiger partial charge in [-0.15, -0.1) is 0 Å². The number of hydrogen-bond acceptors (Lipinski definition) is 6. The van der Waals surface area contributed by atoms with Crippen LogP contribution in [-0.4, -0.2) is 48.1 Å². The van der Waals surface area contributed by atoms with E-state index in [-0.39, 0.29) is 6.42 Å². The standard InChI is InChI=1S/C33H38N4O5/c1-22-12-17-27(23(2)20-22)29(30(38)35-25-13-15-26(41-6)16-14-25)37(19-18-34)31(39)28(21-24-10-8-7-9-11-24)36-32(40)42-33(3,4)5/h7-17,20,28-29H,19,21H2,1-6H3,(H,35,38)(H,36,40). The van der Waals surface area contributed by atoms with Gasteiger partial charge in [0, 0.05) is 12.1 Å². The third kappa shape index (κ3) is 8.83. The molecule has 2 unspecified atom stereocenters. The van der Waals surface area contributed by atoms with Gasteiger partial charge in [-0.3, -0.25) is 9.59 Å². The molecule has 0 saturated heterocycles. The maximum absolute atomic E-state index is 14.3. The second-order valence-electron chi connectivity index (χ2n) is 11.0. The fourth-order valence-corrected chi connectivity index (χ4v) is 4.54. The molecule has 0 spiro atoms. The van der Waals surface area contributed by atoms with Crippen molar-refractivity contribution in [1.29, 1.82) is 5.26 Å². The number of rotatable bonds is 10. The van der Waals surface area contributed by atoms with Crippen LogP contribution in [0, 0.1) is 25.2 Å². The second-order valence-corrected chi connectivity index (χ2v) is 11.0. The molecule has 0 aliphatic carbocycles. The number of hydrogen-bond donors (Lipinski definition) is 2. The van der Waals surface area contributed by atoms with Crippen molar-refractivity contribution in [2.75, 3.05) is 19.0 Å². The van der Waals surface area contributed by atoms with Crippen LogP contribution in [0.4, 0.5) is 10.5 Å². The van der Waals surface area contributed by atoms with Crippen molar-refractivity contribution < 1.29 is 23.9 Å². The number of alkyl carbamates (subject to hydrolysis) is 1. The Morgan fingerprint density at radius 2 is 1.64 bits per heavy atom. The summed E-state index contributed by atoms with van der Waals surface area (Å²) >= 11 is 0. The topological polar surface area (TPSA) is 121 Å². The lowest BCUT2D eigenvalue weighted by molar-refractivity contribution is -0.140. The molecule has 0 aromatic heterocycles. The highest BCUT2D eigenvalue weighted by Gasteiger charge is 2.37. The lowest BCUT2D eigenvalue weighted by Gasteiger charge is -2.33. The number of carbonyl (C=O) groups is 3. The number of nitrogens with one attached hydrogen (secondary N) is 2. The Labute approximate surface area is 247 Å². The summed E-state index contributed by atoms with van der Waals surface area (Å²) in [6, 6.07) is 21.3. The third-order valence-corrected chi connectivity index (χ3v) is 6.43. The molecule has 0 radical (unpaired) electrons. The molecule has 0 fully saturated rings. The monoisotopic (exact) mass is 570 g/mol. The van der Waals surface area contributed by atoms with Gasteiger partial charge in [0.15, 0.2) is 0 Å².